The zero-order valence-corrected chi connectivity index (χ0v) is 13.1. The molecule has 2 atom stereocenters. The van der Waals surface area contributed by atoms with Gasteiger partial charge in [-0.25, -0.2) is 0 Å². The summed E-state index contributed by atoms with van der Waals surface area (Å²) in [5.74, 6) is 0. The molecule has 0 saturated carbocycles. The largest absolute Gasteiger partial charge is 0.394 e. The van der Waals surface area contributed by atoms with Gasteiger partial charge >= 0.3 is 0 Å². The van der Waals surface area contributed by atoms with Crippen molar-refractivity contribution in [2.75, 3.05) is 39.3 Å². The number of nitrogens with zero attached hydrogens (tertiary/aromatic N) is 2. The molecule has 1 aliphatic rings. The average Bonchev–Trinajstić information content (AvgIpc) is 2.47. The van der Waals surface area contributed by atoms with Crippen molar-refractivity contribution < 1.29 is 5.11 Å². The van der Waals surface area contributed by atoms with Crippen LogP contribution in [-0.2, 0) is 0 Å². The predicted octanol–water partition coefficient (Wildman–Crippen LogP) is 1.28. The molecule has 4 nitrogen and oxygen atoms in total. The molecule has 0 spiro atoms. The molecule has 0 aliphatic carbocycles. The molecule has 3 N–H and O–H groups in total. The van der Waals surface area contributed by atoms with E-state index >= 15 is 0 Å². The van der Waals surface area contributed by atoms with Gasteiger partial charge in [-0.2, -0.15) is 0 Å². The van der Waals surface area contributed by atoms with Crippen LogP contribution in [-0.4, -0.2) is 65.8 Å². The Hall–Kier alpha value is -0.160. The summed E-state index contributed by atoms with van der Waals surface area (Å²) in [5.41, 5.74) is 5.75. The molecule has 114 valence electrons. The Morgan fingerprint density at radius 3 is 2.32 bits per heavy atom. The highest BCUT2D eigenvalue weighted by Crippen LogP contribution is 2.15. The molecule has 1 fully saturated rings. The summed E-state index contributed by atoms with van der Waals surface area (Å²) in [4.78, 5) is 5.12. The smallest absolute Gasteiger partial charge is 0.0611 e. The van der Waals surface area contributed by atoms with E-state index in [9.17, 15) is 5.11 Å². The molecule has 4 heteroatoms. The van der Waals surface area contributed by atoms with Gasteiger partial charge in [0.05, 0.1) is 6.61 Å². The van der Waals surface area contributed by atoms with Crippen LogP contribution in [0.5, 0.6) is 0 Å². The number of nitrogens with two attached hydrogens (primary N) is 1. The first-order valence-electron chi connectivity index (χ1n) is 7.90. The molecule has 0 aromatic carbocycles. The summed E-state index contributed by atoms with van der Waals surface area (Å²) in [5, 5.41) is 9.30. The molecule has 1 saturated heterocycles. The Labute approximate surface area is 118 Å². The van der Waals surface area contributed by atoms with Crippen LogP contribution in [0.15, 0.2) is 0 Å². The Kier molecular flexibility index (Phi) is 7.29. The van der Waals surface area contributed by atoms with Gasteiger partial charge in [-0.3, -0.25) is 4.90 Å². The van der Waals surface area contributed by atoms with Gasteiger partial charge < -0.3 is 15.7 Å². The summed E-state index contributed by atoms with van der Waals surface area (Å²) in [6, 6.07) is 0.716. The van der Waals surface area contributed by atoms with Crippen molar-refractivity contribution in [1.82, 2.24) is 9.80 Å². The van der Waals surface area contributed by atoms with Gasteiger partial charge in [-0.15, -0.1) is 0 Å². The van der Waals surface area contributed by atoms with Gasteiger partial charge in [0, 0.05) is 37.8 Å². The van der Waals surface area contributed by atoms with Crippen LogP contribution < -0.4 is 5.73 Å². The minimum absolute atomic E-state index is 0.102. The summed E-state index contributed by atoms with van der Waals surface area (Å²) in [6.45, 7) is 12.6. The van der Waals surface area contributed by atoms with Crippen molar-refractivity contribution in [1.29, 1.82) is 0 Å². The molecule has 0 amide bonds. The highest BCUT2D eigenvalue weighted by atomic mass is 16.3. The Bertz CT molecular complexity index is 236. The molecule has 2 unspecified atom stereocenters. The van der Waals surface area contributed by atoms with E-state index in [0.717, 1.165) is 25.8 Å². The normalized spacial score (nSPS) is 23.2. The molecule has 19 heavy (non-hydrogen) atoms. The topological polar surface area (TPSA) is 52.7 Å². The fourth-order valence-corrected chi connectivity index (χ4v) is 2.71. The maximum absolute atomic E-state index is 9.30. The van der Waals surface area contributed by atoms with Crippen LogP contribution in [0, 0.1) is 0 Å². The number of piperazine rings is 1. The van der Waals surface area contributed by atoms with Crippen molar-refractivity contribution in [2.45, 2.75) is 58.0 Å². The van der Waals surface area contributed by atoms with Crippen LogP contribution in [0.25, 0.3) is 0 Å². The molecule has 0 aromatic heterocycles. The monoisotopic (exact) mass is 271 g/mol. The fraction of sp³-hybridized carbons (Fsp3) is 1.00. The van der Waals surface area contributed by atoms with Crippen LogP contribution in [0.4, 0.5) is 0 Å². The zero-order chi connectivity index (χ0) is 14.3. The quantitative estimate of drug-likeness (QED) is 0.698. The van der Waals surface area contributed by atoms with Gasteiger partial charge in [0.1, 0.15) is 0 Å². The van der Waals surface area contributed by atoms with E-state index in [1.54, 1.807) is 0 Å². The summed E-state index contributed by atoms with van der Waals surface area (Å²) in [6.07, 6.45) is 4.10. The lowest BCUT2D eigenvalue weighted by atomic mass is 9.92. The second kappa shape index (κ2) is 8.20. The highest BCUT2D eigenvalue weighted by Gasteiger charge is 2.23. The standard InChI is InChI=1S/C15H33N3O/c1-4-14(3)18-11-9-17(10-12-18)8-6-7-15(16,5-2)13-19/h14,19H,4-13,16H2,1-3H3. The number of aliphatic hydroxyl groups excluding tert-OH is 1. The number of hydrogen-bond donors (Lipinski definition) is 2. The molecule has 0 aromatic rings. The third-order valence-corrected chi connectivity index (χ3v) is 4.79. The van der Waals surface area contributed by atoms with E-state index < -0.39 is 0 Å². The Morgan fingerprint density at radius 1 is 1.21 bits per heavy atom. The second-order valence-corrected chi connectivity index (χ2v) is 6.11. The summed E-state index contributed by atoms with van der Waals surface area (Å²) >= 11 is 0. The van der Waals surface area contributed by atoms with Crippen molar-refractivity contribution in [3.8, 4) is 0 Å². The lowest BCUT2D eigenvalue weighted by molar-refractivity contribution is 0.0958. The van der Waals surface area contributed by atoms with Crippen LogP contribution >= 0.6 is 0 Å². The lowest BCUT2D eigenvalue weighted by Crippen LogP contribution is -2.50. The number of rotatable bonds is 8. The van der Waals surface area contributed by atoms with Gasteiger partial charge in [-0.1, -0.05) is 13.8 Å². The molecular weight excluding hydrogens is 238 g/mol. The van der Waals surface area contributed by atoms with Crippen molar-refractivity contribution in [3.05, 3.63) is 0 Å². The Balaban J connectivity index is 2.19. The van der Waals surface area contributed by atoms with Crippen molar-refractivity contribution in [3.63, 3.8) is 0 Å². The van der Waals surface area contributed by atoms with Crippen LogP contribution in [0.2, 0.25) is 0 Å². The van der Waals surface area contributed by atoms with Crippen LogP contribution in [0.1, 0.15) is 46.5 Å². The molecule has 1 heterocycles. The third-order valence-electron chi connectivity index (χ3n) is 4.79. The predicted molar refractivity (Wildman–Crippen MR) is 81.3 cm³/mol. The van der Waals surface area contributed by atoms with Crippen molar-refractivity contribution in [2.24, 2.45) is 5.73 Å². The van der Waals surface area contributed by atoms with Gasteiger partial charge in [-0.05, 0) is 39.2 Å². The first-order chi connectivity index (χ1) is 9.04. The van der Waals surface area contributed by atoms with Gasteiger partial charge in [0.25, 0.3) is 0 Å². The molecular formula is C15H33N3O. The SMILES string of the molecule is CCC(C)N1CCN(CCCC(N)(CC)CO)CC1. The fourth-order valence-electron chi connectivity index (χ4n) is 2.71. The first kappa shape index (κ1) is 16.9. The average molecular weight is 271 g/mol. The maximum atomic E-state index is 9.30. The number of aliphatic hydroxyl groups is 1. The maximum Gasteiger partial charge on any atom is 0.0611 e. The third kappa shape index (κ3) is 5.38. The molecule has 1 rings (SSSR count). The van der Waals surface area contributed by atoms with Crippen LogP contribution in [0.3, 0.4) is 0 Å². The summed E-state index contributed by atoms with van der Waals surface area (Å²) in [7, 11) is 0. The molecule has 1 aliphatic heterocycles. The molecule has 0 bridgehead atoms. The second-order valence-electron chi connectivity index (χ2n) is 6.11. The van der Waals surface area contributed by atoms with E-state index in [1.807, 2.05) is 0 Å². The highest BCUT2D eigenvalue weighted by molar-refractivity contribution is 4.82. The van der Waals surface area contributed by atoms with Crippen molar-refractivity contribution >= 4 is 0 Å². The minimum atomic E-state index is -0.363. The number of hydrogen-bond acceptors (Lipinski definition) is 4. The zero-order valence-electron chi connectivity index (χ0n) is 13.1. The Morgan fingerprint density at radius 2 is 1.84 bits per heavy atom. The van der Waals surface area contributed by atoms with E-state index in [1.165, 1.54) is 32.6 Å². The van der Waals surface area contributed by atoms with E-state index in [-0.39, 0.29) is 12.1 Å². The van der Waals surface area contributed by atoms with E-state index in [0.29, 0.717) is 6.04 Å². The van der Waals surface area contributed by atoms with Gasteiger partial charge in [0.2, 0.25) is 0 Å². The van der Waals surface area contributed by atoms with Gasteiger partial charge in [0.15, 0.2) is 0 Å². The minimum Gasteiger partial charge on any atom is -0.394 e. The lowest BCUT2D eigenvalue weighted by Gasteiger charge is -2.38. The van der Waals surface area contributed by atoms with E-state index in [2.05, 4.69) is 30.6 Å². The summed E-state index contributed by atoms with van der Waals surface area (Å²) < 4.78 is 0. The molecule has 0 radical (unpaired) electrons. The van der Waals surface area contributed by atoms with E-state index in [4.69, 9.17) is 5.73 Å². The first-order valence-corrected chi connectivity index (χ1v) is 7.90.